The largest absolute Gasteiger partial charge is 0.392 e. The summed E-state index contributed by atoms with van der Waals surface area (Å²) in [6, 6.07) is 0. The monoisotopic (exact) mass is 487 g/mol. The average molecular weight is 487 g/mol. The van der Waals surface area contributed by atoms with Crippen LogP contribution in [0, 0.1) is 44.1 Å². The number of carbonyl (C=O) groups excluding carboxylic acids is 3. The van der Waals surface area contributed by atoms with E-state index in [1.54, 1.807) is 4.90 Å². The molecule has 2 N–H and O–H groups in total. The molecule has 0 bridgehead atoms. The molecule has 3 rings (SSSR count). The molecule has 1 radical (unpaired) electrons. The summed E-state index contributed by atoms with van der Waals surface area (Å²) in [6.45, 7) is 2.37. The molecule has 1 aromatic heterocycles. The zero-order valence-corrected chi connectivity index (χ0v) is 15.6. The maximum atomic E-state index is 12.4. The van der Waals surface area contributed by atoms with Crippen LogP contribution in [0.15, 0.2) is 11.8 Å². The fraction of sp³-hybridized carbons (Fsp3) is 0.308. The minimum Gasteiger partial charge on any atom is -0.392 e. The number of nitrogens with one attached hydrogen (secondary N) is 1. The normalized spacial score (nSPS) is 16.5. The molecule has 1 fully saturated rings. The van der Waals surface area contributed by atoms with Crippen LogP contribution in [0.1, 0.15) is 43.8 Å². The second kappa shape index (κ2) is 5.55. The Hall–Kier alpha value is -0.768. The van der Waals surface area contributed by atoms with E-state index in [2.05, 4.69) is 4.98 Å². The molecule has 101 valence electrons. The van der Waals surface area contributed by atoms with Crippen molar-refractivity contribution in [2.75, 3.05) is 13.1 Å². The number of ketones is 3. The molecule has 1 aliphatic heterocycles. The first-order valence-corrected chi connectivity index (χ1v) is 5.97. The first kappa shape index (κ1) is 15.6. The number of nitrogens with zero attached hydrogens (tertiary/aromatic N) is 1. The number of fused-ring (bicyclic) bond motifs is 1. The number of Topliss-reactive ketones (excluding diaryl/α,β-unsaturated/α-hetero) is 2. The van der Waals surface area contributed by atoms with E-state index in [-0.39, 0.29) is 83.9 Å². The Bertz CT molecular complexity index is 656. The van der Waals surface area contributed by atoms with Gasteiger partial charge in [-0.1, -0.05) is 0 Å². The minimum atomic E-state index is -0.451. The van der Waals surface area contributed by atoms with Crippen molar-refractivity contribution in [3.05, 3.63) is 34.3 Å². The van der Waals surface area contributed by atoms with E-state index in [4.69, 9.17) is 0 Å². The van der Waals surface area contributed by atoms with E-state index in [0.29, 0.717) is 5.70 Å². The van der Waals surface area contributed by atoms with Crippen LogP contribution in [0.25, 0.3) is 0 Å². The van der Waals surface area contributed by atoms with Crippen molar-refractivity contribution in [2.45, 2.75) is 13.5 Å². The van der Waals surface area contributed by atoms with Crippen molar-refractivity contribution in [1.29, 1.82) is 0 Å². The van der Waals surface area contributed by atoms with Gasteiger partial charge in [-0.2, -0.15) is 0 Å². The van der Waals surface area contributed by atoms with Crippen molar-refractivity contribution in [2.24, 2.45) is 0 Å². The maximum absolute atomic E-state index is 12.4. The van der Waals surface area contributed by atoms with Gasteiger partial charge < -0.3 is 15.0 Å². The zero-order valence-electron chi connectivity index (χ0n) is 10.9. The molecule has 0 amide bonds. The molecular weight excluding hydrogens is 475 g/mol. The molecule has 0 unspecified atom stereocenters. The molecule has 20 heavy (non-hydrogen) atoms. The maximum Gasteiger partial charge on any atom is 0.211 e. The van der Waals surface area contributed by atoms with Crippen molar-refractivity contribution in [3.8, 4) is 0 Å². The Morgan fingerprint density at radius 2 is 2.05 bits per heavy atom. The summed E-state index contributed by atoms with van der Waals surface area (Å²) in [5.74, 6) is -0.953. The second-order valence-corrected chi connectivity index (χ2v) is 4.65. The third-order valence-corrected chi connectivity index (χ3v) is 3.38. The van der Waals surface area contributed by atoms with Crippen molar-refractivity contribution in [3.63, 3.8) is 0 Å². The van der Waals surface area contributed by atoms with E-state index in [9.17, 15) is 19.5 Å². The number of rotatable bonds is 3. The summed E-state index contributed by atoms with van der Waals surface area (Å²) >= 11 is 0. The van der Waals surface area contributed by atoms with E-state index in [1.165, 1.54) is 13.0 Å². The van der Waals surface area contributed by atoms with E-state index in [0.717, 1.165) is 13.1 Å². The number of aliphatic hydroxyl groups excluding tert-OH is 1. The van der Waals surface area contributed by atoms with Crippen molar-refractivity contribution >= 4 is 17.3 Å². The Labute approximate surface area is 150 Å². The molecule has 2 heterocycles. The van der Waals surface area contributed by atoms with Crippen LogP contribution in [0.2, 0.25) is 0 Å². The van der Waals surface area contributed by atoms with Crippen molar-refractivity contribution < 1.29 is 63.6 Å². The van der Waals surface area contributed by atoms with E-state index >= 15 is 0 Å². The molecule has 0 aromatic carbocycles. The number of hydrogen-bond donors (Lipinski definition) is 2. The number of aliphatic hydroxyl groups is 1. The number of H-pyrrole nitrogens is 1. The topological polar surface area (TPSA) is 90.2 Å². The van der Waals surface area contributed by atoms with Crippen LogP contribution in [0.5, 0.6) is 0 Å². The first-order valence-electron chi connectivity index (χ1n) is 5.97. The quantitative estimate of drug-likeness (QED) is 0.473. The fourth-order valence-electron chi connectivity index (χ4n) is 2.35. The third-order valence-electron chi connectivity index (χ3n) is 3.38. The Morgan fingerprint density at radius 1 is 1.40 bits per heavy atom. The molecular formula is C13H12AcN2O4. The molecule has 0 saturated carbocycles. The van der Waals surface area contributed by atoms with Gasteiger partial charge in [-0.05, 0) is 0 Å². The van der Waals surface area contributed by atoms with Gasteiger partial charge >= 0.3 is 0 Å². The van der Waals surface area contributed by atoms with Gasteiger partial charge in [0, 0.05) is 75.7 Å². The van der Waals surface area contributed by atoms with Gasteiger partial charge in [0.15, 0.2) is 5.78 Å². The molecule has 1 aromatic rings. The van der Waals surface area contributed by atoms with Gasteiger partial charge in [0.2, 0.25) is 11.6 Å². The van der Waals surface area contributed by atoms with Crippen molar-refractivity contribution in [1.82, 2.24) is 9.88 Å². The Balaban J connectivity index is 0.00000147. The number of aromatic amines is 1. The van der Waals surface area contributed by atoms with Gasteiger partial charge in [0.1, 0.15) is 0 Å². The van der Waals surface area contributed by atoms with Crippen LogP contribution in [-0.4, -0.2) is 45.4 Å². The molecule has 6 nitrogen and oxygen atoms in total. The smallest absolute Gasteiger partial charge is 0.211 e. The predicted octanol–water partition coefficient (Wildman–Crippen LogP) is 0.288. The SMILES string of the molecule is CC(=O)c1[nH]c2c(c1CO)C(=O)C(N1CC1)=CC2=O.[Ac]. The number of hydrogen-bond acceptors (Lipinski definition) is 5. The van der Waals surface area contributed by atoms with Gasteiger partial charge in [0.05, 0.1) is 29.3 Å². The number of allylic oxidation sites excluding steroid dienone is 2. The van der Waals surface area contributed by atoms with Gasteiger partial charge in [0.25, 0.3) is 0 Å². The van der Waals surface area contributed by atoms with Crippen LogP contribution in [0.3, 0.4) is 0 Å². The van der Waals surface area contributed by atoms with E-state index in [1.807, 2.05) is 0 Å². The predicted molar refractivity (Wildman–Crippen MR) is 65.0 cm³/mol. The molecule has 0 spiro atoms. The average Bonchev–Trinajstić information content (AvgIpc) is 3.12. The fourth-order valence-corrected chi connectivity index (χ4v) is 2.35. The minimum absolute atomic E-state index is 0. The Morgan fingerprint density at radius 3 is 2.55 bits per heavy atom. The summed E-state index contributed by atoms with van der Waals surface area (Å²) in [4.78, 5) is 40.3. The summed E-state index contributed by atoms with van der Waals surface area (Å²) in [6.07, 6.45) is 1.29. The summed E-state index contributed by atoms with van der Waals surface area (Å²) < 4.78 is 0. The second-order valence-electron chi connectivity index (χ2n) is 4.65. The molecule has 0 atom stereocenters. The molecule has 2 aliphatic rings. The Kier molecular flexibility index (Phi) is 4.33. The first-order chi connectivity index (χ1) is 9.04. The van der Waals surface area contributed by atoms with Gasteiger partial charge in [-0.3, -0.25) is 14.4 Å². The van der Waals surface area contributed by atoms with Crippen LogP contribution >= 0.6 is 0 Å². The zero-order chi connectivity index (χ0) is 13.7. The molecule has 1 saturated heterocycles. The van der Waals surface area contributed by atoms with Gasteiger partial charge in [-0.15, -0.1) is 0 Å². The number of aromatic nitrogens is 1. The summed E-state index contributed by atoms with van der Waals surface area (Å²) in [5.41, 5.74) is 0.941. The standard InChI is InChI=1S/C13H12N2O4.Ac/c1-6(17)11-7(5-16)10-12(14-11)9(18)4-8(13(10)19)15-2-3-15;/h4,14,16H,2-3,5H2,1H3;. The molecule has 1 aliphatic carbocycles. The summed E-state index contributed by atoms with van der Waals surface area (Å²) in [7, 11) is 0. The third kappa shape index (κ3) is 2.32. The molecule has 7 heteroatoms. The van der Waals surface area contributed by atoms with Gasteiger partial charge in [-0.25, -0.2) is 0 Å². The van der Waals surface area contributed by atoms with Crippen LogP contribution in [-0.2, 0) is 6.61 Å². The van der Waals surface area contributed by atoms with E-state index < -0.39 is 6.61 Å². The summed E-state index contributed by atoms with van der Waals surface area (Å²) in [5, 5.41) is 9.39. The van der Waals surface area contributed by atoms with Crippen LogP contribution < -0.4 is 0 Å². The van der Waals surface area contributed by atoms with Crippen LogP contribution in [0.4, 0.5) is 0 Å². The number of carbonyl (C=O) groups is 3.